The quantitative estimate of drug-likeness (QED) is 0.620. The molecule has 0 aliphatic rings. The molecule has 0 saturated carbocycles. The van der Waals surface area contributed by atoms with Crippen molar-refractivity contribution >= 4 is 17.7 Å². The van der Waals surface area contributed by atoms with Crippen molar-refractivity contribution in [2.75, 3.05) is 38.3 Å². The predicted molar refractivity (Wildman–Crippen MR) is 77.7 cm³/mol. The van der Waals surface area contributed by atoms with Gasteiger partial charge in [-0.3, -0.25) is 4.90 Å². The Hall–Kier alpha value is -2.12. The summed E-state index contributed by atoms with van der Waals surface area (Å²) in [7, 11) is 1.59. The van der Waals surface area contributed by atoms with Crippen molar-refractivity contribution in [1.29, 1.82) is 0 Å². The number of urea groups is 1. The van der Waals surface area contributed by atoms with E-state index in [0.717, 1.165) is 0 Å². The maximum Gasteiger partial charge on any atom is 0.335 e. The number of aromatic carboxylic acids is 1. The van der Waals surface area contributed by atoms with Crippen molar-refractivity contribution in [3.05, 3.63) is 29.8 Å². The average molecular weight is 296 g/mol. The molecule has 1 aromatic rings. The zero-order chi connectivity index (χ0) is 15.7. The maximum absolute atomic E-state index is 12.1. The Labute approximate surface area is 123 Å². The van der Waals surface area contributed by atoms with E-state index in [1.807, 2.05) is 0 Å². The number of nitrogens with one attached hydrogen (secondary N) is 1. The lowest BCUT2D eigenvalue weighted by atomic mass is 10.2. The summed E-state index contributed by atoms with van der Waals surface area (Å²) < 4.78 is 4.89. The van der Waals surface area contributed by atoms with E-state index in [1.165, 1.54) is 29.2 Å². The number of carboxylic acids is 1. The lowest BCUT2D eigenvalue weighted by Crippen LogP contribution is -2.42. The molecule has 1 aromatic carbocycles. The monoisotopic (exact) mass is 296 g/mol. The molecular weight excluding hydrogens is 276 g/mol. The number of nitrogens with zero attached hydrogens (tertiary/aromatic N) is 1. The predicted octanol–water partition coefficient (Wildman–Crippen LogP) is 0.930. The largest absolute Gasteiger partial charge is 0.478 e. The highest BCUT2D eigenvalue weighted by Gasteiger charge is 2.15. The van der Waals surface area contributed by atoms with Gasteiger partial charge in [-0.2, -0.15) is 0 Å². The van der Waals surface area contributed by atoms with E-state index in [2.05, 4.69) is 5.32 Å². The number of amides is 2. The summed E-state index contributed by atoms with van der Waals surface area (Å²) in [5.41, 5.74) is 0.668. The van der Waals surface area contributed by atoms with Gasteiger partial charge in [-0.05, 0) is 30.7 Å². The molecule has 0 aliphatic heterocycles. The number of methoxy groups -OCH3 is 1. The first kappa shape index (κ1) is 16.9. The fourth-order valence-corrected chi connectivity index (χ4v) is 1.74. The molecule has 21 heavy (non-hydrogen) atoms. The minimum atomic E-state index is -1.03. The zero-order valence-corrected chi connectivity index (χ0v) is 11.9. The Bertz CT molecular complexity index is 461. The third kappa shape index (κ3) is 5.41. The molecule has 2 amide bonds. The number of rotatable bonds is 8. The number of carboxylic acid groups (broad SMARTS) is 1. The van der Waals surface area contributed by atoms with Crippen LogP contribution >= 0.6 is 0 Å². The molecule has 0 unspecified atom stereocenters. The number of carbonyl (C=O) groups is 2. The zero-order valence-electron chi connectivity index (χ0n) is 11.9. The average Bonchev–Trinajstić information content (AvgIpc) is 2.49. The molecule has 0 fully saturated rings. The molecule has 0 heterocycles. The van der Waals surface area contributed by atoms with Gasteiger partial charge in [0.25, 0.3) is 0 Å². The van der Waals surface area contributed by atoms with E-state index < -0.39 is 5.97 Å². The van der Waals surface area contributed by atoms with Crippen LogP contribution in [0.15, 0.2) is 24.3 Å². The van der Waals surface area contributed by atoms with E-state index in [0.29, 0.717) is 25.3 Å². The number of hydrogen-bond donors (Lipinski definition) is 3. The van der Waals surface area contributed by atoms with Crippen molar-refractivity contribution in [2.45, 2.75) is 6.42 Å². The fourth-order valence-electron chi connectivity index (χ4n) is 1.74. The topological polar surface area (TPSA) is 99.1 Å². The first-order chi connectivity index (χ1) is 10.1. The van der Waals surface area contributed by atoms with Gasteiger partial charge in [0.05, 0.1) is 18.7 Å². The Morgan fingerprint density at radius 2 is 1.95 bits per heavy atom. The normalized spacial score (nSPS) is 10.2. The summed E-state index contributed by atoms with van der Waals surface area (Å²) in [4.78, 5) is 24.2. The standard InChI is InChI=1S/C14H20N2O5/c1-21-10-2-7-15-14(20)16(8-9-17)12-5-3-11(4-6-12)13(18)19/h3-6,17H,2,7-10H2,1H3,(H,15,20)(H,18,19). The SMILES string of the molecule is COCCCNC(=O)N(CCO)c1ccc(C(=O)O)cc1. The van der Waals surface area contributed by atoms with Crippen molar-refractivity contribution in [1.82, 2.24) is 5.32 Å². The molecule has 0 radical (unpaired) electrons. The lowest BCUT2D eigenvalue weighted by molar-refractivity contribution is 0.0697. The fraction of sp³-hybridized carbons (Fsp3) is 0.429. The molecule has 0 bridgehead atoms. The molecule has 3 N–H and O–H groups in total. The number of ether oxygens (including phenoxy) is 1. The van der Waals surface area contributed by atoms with Crippen LogP contribution in [0.4, 0.5) is 10.5 Å². The van der Waals surface area contributed by atoms with E-state index in [9.17, 15) is 9.59 Å². The third-order valence-corrected chi connectivity index (χ3v) is 2.80. The number of anilines is 1. The van der Waals surface area contributed by atoms with Crippen LogP contribution in [-0.4, -0.2) is 55.6 Å². The Balaban J connectivity index is 2.71. The molecule has 1 rings (SSSR count). The second-order valence-corrected chi connectivity index (χ2v) is 4.31. The molecule has 0 saturated heterocycles. The molecule has 0 spiro atoms. The van der Waals surface area contributed by atoms with E-state index in [-0.39, 0.29) is 24.7 Å². The molecular formula is C14H20N2O5. The highest BCUT2D eigenvalue weighted by Crippen LogP contribution is 2.15. The van der Waals surface area contributed by atoms with E-state index >= 15 is 0 Å². The van der Waals surface area contributed by atoms with Gasteiger partial charge < -0.3 is 20.3 Å². The van der Waals surface area contributed by atoms with Gasteiger partial charge in [0.15, 0.2) is 0 Å². The van der Waals surface area contributed by atoms with Gasteiger partial charge >= 0.3 is 12.0 Å². The summed E-state index contributed by atoms with van der Waals surface area (Å²) in [6, 6.07) is 5.56. The molecule has 116 valence electrons. The Kier molecular flexibility index (Phi) is 7.20. The number of aliphatic hydroxyl groups excluding tert-OH is 1. The number of carbonyl (C=O) groups excluding carboxylic acids is 1. The highest BCUT2D eigenvalue weighted by molar-refractivity contribution is 5.93. The van der Waals surface area contributed by atoms with Crippen molar-refractivity contribution in [2.24, 2.45) is 0 Å². The van der Waals surface area contributed by atoms with Gasteiger partial charge in [0.1, 0.15) is 0 Å². The van der Waals surface area contributed by atoms with Gasteiger partial charge in [0.2, 0.25) is 0 Å². The van der Waals surface area contributed by atoms with Crippen LogP contribution in [0.1, 0.15) is 16.8 Å². The summed E-state index contributed by atoms with van der Waals surface area (Å²) in [5.74, 6) is -1.03. The maximum atomic E-state index is 12.1. The first-order valence-electron chi connectivity index (χ1n) is 6.58. The van der Waals surface area contributed by atoms with Crippen LogP contribution in [0.3, 0.4) is 0 Å². The molecule has 7 heteroatoms. The van der Waals surface area contributed by atoms with Crippen LogP contribution in [0.25, 0.3) is 0 Å². The number of benzene rings is 1. The second-order valence-electron chi connectivity index (χ2n) is 4.31. The van der Waals surface area contributed by atoms with Crippen LogP contribution in [0, 0.1) is 0 Å². The van der Waals surface area contributed by atoms with Crippen molar-refractivity contribution in [3.8, 4) is 0 Å². The summed E-state index contributed by atoms with van der Waals surface area (Å²) >= 11 is 0. The smallest absolute Gasteiger partial charge is 0.335 e. The van der Waals surface area contributed by atoms with Crippen LogP contribution < -0.4 is 10.2 Å². The van der Waals surface area contributed by atoms with Gasteiger partial charge in [0, 0.05) is 25.9 Å². The van der Waals surface area contributed by atoms with Gasteiger partial charge in [-0.1, -0.05) is 0 Å². The minimum absolute atomic E-state index is 0.128. The van der Waals surface area contributed by atoms with E-state index in [4.69, 9.17) is 14.9 Å². The van der Waals surface area contributed by atoms with Crippen molar-refractivity contribution < 1.29 is 24.5 Å². The lowest BCUT2D eigenvalue weighted by Gasteiger charge is -2.22. The third-order valence-electron chi connectivity index (χ3n) is 2.80. The summed E-state index contributed by atoms with van der Waals surface area (Å²) in [6.45, 7) is 0.949. The van der Waals surface area contributed by atoms with Gasteiger partial charge in [-0.25, -0.2) is 9.59 Å². The Morgan fingerprint density at radius 1 is 1.29 bits per heavy atom. The first-order valence-corrected chi connectivity index (χ1v) is 6.58. The minimum Gasteiger partial charge on any atom is -0.478 e. The molecule has 0 aromatic heterocycles. The van der Waals surface area contributed by atoms with Crippen LogP contribution in [-0.2, 0) is 4.74 Å². The van der Waals surface area contributed by atoms with E-state index in [1.54, 1.807) is 7.11 Å². The number of aliphatic hydroxyl groups is 1. The van der Waals surface area contributed by atoms with Crippen molar-refractivity contribution in [3.63, 3.8) is 0 Å². The number of hydrogen-bond acceptors (Lipinski definition) is 4. The molecule has 0 aliphatic carbocycles. The van der Waals surface area contributed by atoms with Gasteiger partial charge in [-0.15, -0.1) is 0 Å². The Morgan fingerprint density at radius 3 is 2.48 bits per heavy atom. The molecule has 0 atom stereocenters. The summed E-state index contributed by atoms with van der Waals surface area (Å²) in [5, 5.41) is 20.6. The second kappa shape index (κ2) is 8.93. The summed E-state index contributed by atoms with van der Waals surface area (Å²) in [6.07, 6.45) is 0.688. The highest BCUT2D eigenvalue weighted by atomic mass is 16.5. The van der Waals surface area contributed by atoms with Crippen LogP contribution in [0.2, 0.25) is 0 Å². The molecule has 7 nitrogen and oxygen atoms in total. The van der Waals surface area contributed by atoms with Crippen LogP contribution in [0.5, 0.6) is 0 Å².